The molecular weight excluding hydrogens is 432 g/mol. The van der Waals surface area contributed by atoms with E-state index >= 15 is 0 Å². The maximum absolute atomic E-state index is 12.7. The molecule has 34 heavy (non-hydrogen) atoms. The van der Waals surface area contributed by atoms with E-state index in [1.807, 2.05) is 40.7 Å². The lowest BCUT2D eigenvalue weighted by Gasteiger charge is -2.44. The van der Waals surface area contributed by atoms with E-state index in [9.17, 15) is 14.9 Å². The number of aldehydes is 1. The molecule has 0 bridgehead atoms. The van der Waals surface area contributed by atoms with Crippen LogP contribution in [0, 0.1) is 11.3 Å². The molecule has 0 aromatic carbocycles. The van der Waals surface area contributed by atoms with Gasteiger partial charge in [0.2, 0.25) is 0 Å². The third-order valence-electron chi connectivity index (χ3n) is 5.86. The number of carbonyl (C=O) groups is 2. The van der Waals surface area contributed by atoms with Crippen molar-refractivity contribution in [3.05, 3.63) is 47.9 Å². The first-order valence-corrected chi connectivity index (χ1v) is 11.2. The van der Waals surface area contributed by atoms with E-state index in [1.165, 1.54) is 0 Å². The summed E-state index contributed by atoms with van der Waals surface area (Å²) in [7, 11) is 0. The first-order chi connectivity index (χ1) is 16.1. The van der Waals surface area contributed by atoms with Gasteiger partial charge in [0, 0.05) is 49.3 Å². The number of hydrogen-bond acceptors (Lipinski definition) is 7. The first-order valence-electron chi connectivity index (χ1n) is 11.2. The molecule has 0 aliphatic carbocycles. The second kappa shape index (κ2) is 8.78. The molecule has 1 saturated heterocycles. The van der Waals surface area contributed by atoms with E-state index in [4.69, 9.17) is 4.74 Å². The van der Waals surface area contributed by atoms with Gasteiger partial charge in [-0.25, -0.2) is 14.8 Å². The van der Waals surface area contributed by atoms with Crippen LogP contribution >= 0.6 is 0 Å². The lowest BCUT2D eigenvalue weighted by Crippen LogP contribution is -2.59. The number of ether oxygens (including phenoxy) is 1. The van der Waals surface area contributed by atoms with Gasteiger partial charge in [0.25, 0.3) is 0 Å². The summed E-state index contributed by atoms with van der Waals surface area (Å²) in [6.45, 7) is 10.6. The van der Waals surface area contributed by atoms with Crippen LogP contribution in [0.4, 0.5) is 10.6 Å². The first kappa shape index (κ1) is 23.2. The number of pyridine rings is 2. The molecule has 9 nitrogen and oxygen atoms in total. The minimum Gasteiger partial charge on any atom is -0.444 e. The minimum absolute atomic E-state index is 0.0512. The molecule has 1 unspecified atom stereocenters. The van der Waals surface area contributed by atoms with Crippen molar-refractivity contribution in [2.24, 2.45) is 0 Å². The van der Waals surface area contributed by atoms with E-state index in [1.54, 1.807) is 40.2 Å². The maximum atomic E-state index is 12.7. The topological polar surface area (TPSA) is 104 Å². The van der Waals surface area contributed by atoms with E-state index in [-0.39, 0.29) is 18.2 Å². The third kappa shape index (κ3) is 4.31. The predicted octanol–water partition coefficient (Wildman–Crippen LogP) is 3.94. The van der Waals surface area contributed by atoms with Crippen LogP contribution in [0.3, 0.4) is 0 Å². The number of hydrogen-bond donors (Lipinski definition) is 0. The van der Waals surface area contributed by atoms with Gasteiger partial charge in [-0.3, -0.25) is 4.79 Å². The zero-order valence-corrected chi connectivity index (χ0v) is 20.0. The normalized spacial score (nSPS) is 18.6. The number of fused-ring (bicyclic) bond motifs is 1. The van der Waals surface area contributed by atoms with Gasteiger partial charge in [-0.05, 0) is 52.8 Å². The van der Waals surface area contributed by atoms with Crippen molar-refractivity contribution in [1.29, 1.82) is 5.26 Å². The lowest BCUT2D eigenvalue weighted by molar-refractivity contribution is 0.0130. The van der Waals surface area contributed by atoms with Crippen LogP contribution in [0.15, 0.2) is 36.8 Å². The zero-order chi connectivity index (χ0) is 24.6. The summed E-state index contributed by atoms with van der Waals surface area (Å²) in [4.78, 5) is 37.7. The summed E-state index contributed by atoms with van der Waals surface area (Å²) in [5.41, 5.74) is 1.17. The number of nitriles is 1. The highest BCUT2D eigenvalue weighted by Crippen LogP contribution is 2.33. The van der Waals surface area contributed by atoms with Crippen LogP contribution in [0.1, 0.15) is 50.5 Å². The molecule has 0 saturated carbocycles. The zero-order valence-electron chi connectivity index (χ0n) is 20.0. The van der Waals surface area contributed by atoms with Gasteiger partial charge in [-0.1, -0.05) is 0 Å². The molecule has 1 aliphatic rings. The van der Waals surface area contributed by atoms with Gasteiger partial charge in [-0.2, -0.15) is 5.26 Å². The molecule has 4 heterocycles. The fourth-order valence-electron chi connectivity index (χ4n) is 4.30. The van der Waals surface area contributed by atoms with Crippen LogP contribution in [0.25, 0.3) is 16.7 Å². The second-order valence-corrected chi connectivity index (χ2v) is 9.60. The number of carbonyl (C=O) groups excluding carboxylic acids is 2. The molecule has 4 rings (SSSR count). The van der Waals surface area contributed by atoms with E-state index in [0.29, 0.717) is 41.2 Å². The van der Waals surface area contributed by atoms with Gasteiger partial charge in [0.15, 0.2) is 6.29 Å². The lowest BCUT2D eigenvalue weighted by atomic mass is 10.1. The van der Waals surface area contributed by atoms with Gasteiger partial charge >= 0.3 is 6.09 Å². The molecule has 176 valence electrons. The number of aromatic nitrogens is 3. The quantitative estimate of drug-likeness (QED) is 0.545. The minimum atomic E-state index is -0.566. The Kier molecular flexibility index (Phi) is 6.00. The molecule has 0 spiro atoms. The molecule has 1 amide bonds. The molecular formula is C25H28N6O3. The summed E-state index contributed by atoms with van der Waals surface area (Å²) in [6.07, 6.45) is 5.47. The standard InChI is InChI=1S/C25H28N6O3/c1-16-13-30(24(33)34-25(3,4)5)17(2)12-29(16)23-22-19(15-32)14-31(20(22)7-9-28-23)21-10-18(11-26)6-8-27-21/h6-10,14-17H,12-13H2,1-5H3/t16?,17-/m0/s1. The van der Waals surface area contributed by atoms with Crippen molar-refractivity contribution >= 4 is 29.1 Å². The fourth-order valence-corrected chi connectivity index (χ4v) is 4.30. The predicted molar refractivity (Wildman–Crippen MR) is 128 cm³/mol. The number of piperazine rings is 1. The van der Waals surface area contributed by atoms with Crippen molar-refractivity contribution in [2.75, 3.05) is 18.0 Å². The fraction of sp³-hybridized carbons (Fsp3) is 0.400. The summed E-state index contributed by atoms with van der Waals surface area (Å²) in [6, 6.07) is 7.10. The Bertz CT molecular complexity index is 1290. The average Bonchev–Trinajstić information content (AvgIpc) is 3.18. The number of amides is 1. The summed E-state index contributed by atoms with van der Waals surface area (Å²) in [5, 5.41) is 9.98. The summed E-state index contributed by atoms with van der Waals surface area (Å²) < 4.78 is 7.39. The van der Waals surface area contributed by atoms with Gasteiger partial charge in [0.1, 0.15) is 17.2 Å². The highest BCUT2D eigenvalue weighted by Gasteiger charge is 2.36. The highest BCUT2D eigenvalue weighted by atomic mass is 16.6. The monoisotopic (exact) mass is 460 g/mol. The van der Waals surface area contributed by atoms with Crippen molar-refractivity contribution in [1.82, 2.24) is 19.4 Å². The van der Waals surface area contributed by atoms with E-state index in [2.05, 4.69) is 20.9 Å². The smallest absolute Gasteiger partial charge is 0.410 e. The summed E-state index contributed by atoms with van der Waals surface area (Å²) in [5.74, 6) is 1.23. The largest absolute Gasteiger partial charge is 0.444 e. The molecule has 1 fully saturated rings. The van der Waals surface area contributed by atoms with Crippen molar-refractivity contribution in [3.8, 4) is 11.9 Å². The maximum Gasteiger partial charge on any atom is 0.410 e. The molecule has 0 radical (unpaired) electrons. The van der Waals surface area contributed by atoms with Crippen LogP contribution in [-0.2, 0) is 4.74 Å². The molecule has 0 N–H and O–H groups in total. The highest BCUT2D eigenvalue weighted by molar-refractivity contribution is 6.04. The van der Waals surface area contributed by atoms with Crippen LogP contribution in [0.2, 0.25) is 0 Å². The second-order valence-electron chi connectivity index (χ2n) is 9.60. The Morgan fingerprint density at radius 3 is 2.59 bits per heavy atom. The Hall–Kier alpha value is -3.93. The number of rotatable bonds is 3. The molecule has 9 heteroatoms. The van der Waals surface area contributed by atoms with Crippen LogP contribution in [0.5, 0.6) is 0 Å². The van der Waals surface area contributed by atoms with E-state index < -0.39 is 5.60 Å². The van der Waals surface area contributed by atoms with E-state index in [0.717, 1.165) is 11.8 Å². The summed E-state index contributed by atoms with van der Waals surface area (Å²) >= 11 is 0. The van der Waals surface area contributed by atoms with Crippen LogP contribution < -0.4 is 4.90 Å². The molecule has 3 aromatic rings. The van der Waals surface area contributed by atoms with Gasteiger partial charge < -0.3 is 19.1 Å². The SMILES string of the molecule is CC1CN(C(=O)OC(C)(C)C)[C@@H](C)CN1c1nccc2c1c(C=O)cn2-c1cc(C#N)ccn1. The Morgan fingerprint density at radius 2 is 1.91 bits per heavy atom. The third-order valence-corrected chi connectivity index (χ3v) is 5.86. The Balaban J connectivity index is 1.73. The van der Waals surface area contributed by atoms with Gasteiger partial charge in [0.05, 0.1) is 22.5 Å². The van der Waals surface area contributed by atoms with Crippen molar-refractivity contribution < 1.29 is 14.3 Å². The van der Waals surface area contributed by atoms with Gasteiger partial charge in [-0.15, -0.1) is 0 Å². The van der Waals surface area contributed by atoms with Crippen molar-refractivity contribution in [3.63, 3.8) is 0 Å². The number of anilines is 1. The Morgan fingerprint density at radius 1 is 1.18 bits per heavy atom. The molecule has 3 aromatic heterocycles. The molecule has 1 aliphatic heterocycles. The van der Waals surface area contributed by atoms with Crippen LogP contribution in [-0.4, -0.2) is 62.6 Å². The Labute approximate surface area is 198 Å². The number of nitrogens with zero attached hydrogens (tertiary/aromatic N) is 6. The van der Waals surface area contributed by atoms with Crippen molar-refractivity contribution in [2.45, 2.75) is 52.3 Å². The molecule has 2 atom stereocenters. The average molecular weight is 461 g/mol.